The van der Waals surface area contributed by atoms with Gasteiger partial charge in [-0.2, -0.15) is 0 Å². The van der Waals surface area contributed by atoms with Crippen molar-refractivity contribution in [1.82, 2.24) is 0 Å². The fraction of sp³-hybridized carbons (Fsp3) is 0.278. The highest BCUT2D eigenvalue weighted by Gasteiger charge is 2.44. The third-order valence-corrected chi connectivity index (χ3v) is 4.02. The van der Waals surface area contributed by atoms with Gasteiger partial charge in [-0.25, -0.2) is 5.06 Å². The number of methoxy groups -OCH3 is 1. The minimum atomic E-state index is -0.924. The number of para-hydroxylation sites is 1. The molecule has 0 aliphatic carbocycles. The molecule has 1 aliphatic rings. The Morgan fingerprint density at radius 1 is 1.13 bits per heavy atom. The molecule has 5 nitrogen and oxygen atoms in total. The van der Waals surface area contributed by atoms with Crippen molar-refractivity contribution in [2.24, 2.45) is 5.92 Å². The van der Waals surface area contributed by atoms with Gasteiger partial charge >= 0.3 is 5.97 Å². The summed E-state index contributed by atoms with van der Waals surface area (Å²) < 4.78 is 4.91. The summed E-state index contributed by atoms with van der Waals surface area (Å²) in [4.78, 5) is 18.0. The van der Waals surface area contributed by atoms with E-state index in [0.717, 1.165) is 11.3 Å². The Morgan fingerprint density at radius 2 is 1.74 bits per heavy atom. The van der Waals surface area contributed by atoms with Gasteiger partial charge in [0.15, 0.2) is 0 Å². The predicted octanol–water partition coefficient (Wildman–Crippen LogP) is 2.33. The highest BCUT2D eigenvalue weighted by atomic mass is 16.7. The Balaban J connectivity index is 2.06. The Labute approximate surface area is 135 Å². The Bertz CT molecular complexity index is 647. The third-order valence-electron chi connectivity index (χ3n) is 4.02. The zero-order valence-electron chi connectivity index (χ0n) is 12.8. The summed E-state index contributed by atoms with van der Waals surface area (Å²) in [5, 5.41) is 12.0. The first kappa shape index (κ1) is 15.5. The van der Waals surface area contributed by atoms with Gasteiger partial charge in [0.25, 0.3) is 0 Å². The van der Waals surface area contributed by atoms with Crippen LogP contribution < -0.4 is 5.06 Å². The summed E-state index contributed by atoms with van der Waals surface area (Å²) in [5.74, 6) is -1.17. The van der Waals surface area contributed by atoms with Crippen LogP contribution in [0.4, 0.5) is 5.69 Å². The van der Waals surface area contributed by atoms with Gasteiger partial charge in [-0.05, 0) is 17.7 Å². The number of carbonyl (C=O) groups is 1. The fourth-order valence-corrected chi connectivity index (χ4v) is 2.92. The number of anilines is 1. The molecule has 1 N–H and O–H groups in total. The third kappa shape index (κ3) is 3.06. The molecule has 0 aromatic heterocycles. The first-order chi connectivity index (χ1) is 11.2. The zero-order chi connectivity index (χ0) is 16.2. The smallest absolute Gasteiger partial charge is 0.313 e. The number of benzene rings is 2. The lowest BCUT2D eigenvalue weighted by atomic mass is 9.87. The number of hydrogen-bond acceptors (Lipinski definition) is 5. The standard InChI is InChI=1S/C18H19NO4/c1-22-18(21)16-15(20)12-23-19(14-10-6-3-7-11-14)17(16)13-8-4-2-5-9-13/h2-11,15-17,20H,12H2,1H3. The van der Waals surface area contributed by atoms with E-state index in [4.69, 9.17) is 9.57 Å². The van der Waals surface area contributed by atoms with Crippen LogP contribution in [0.15, 0.2) is 60.7 Å². The second kappa shape index (κ2) is 6.81. The van der Waals surface area contributed by atoms with Crippen molar-refractivity contribution in [2.75, 3.05) is 18.8 Å². The highest BCUT2D eigenvalue weighted by molar-refractivity contribution is 5.75. The first-order valence-corrected chi connectivity index (χ1v) is 7.50. The summed E-state index contributed by atoms with van der Waals surface area (Å²) in [6.45, 7) is 0.0397. The Kier molecular flexibility index (Phi) is 4.60. The summed E-state index contributed by atoms with van der Waals surface area (Å²) in [6, 6.07) is 18.6. The number of esters is 1. The van der Waals surface area contributed by atoms with E-state index in [2.05, 4.69) is 0 Å². The Hall–Kier alpha value is -2.37. The second-order valence-corrected chi connectivity index (χ2v) is 5.43. The quantitative estimate of drug-likeness (QED) is 0.881. The monoisotopic (exact) mass is 313 g/mol. The minimum Gasteiger partial charge on any atom is -0.469 e. The average molecular weight is 313 g/mol. The molecule has 0 saturated carbocycles. The molecule has 2 aromatic carbocycles. The number of aliphatic hydroxyl groups is 1. The van der Waals surface area contributed by atoms with Crippen LogP contribution >= 0.6 is 0 Å². The molecule has 0 bridgehead atoms. The maximum Gasteiger partial charge on any atom is 0.313 e. The fourth-order valence-electron chi connectivity index (χ4n) is 2.92. The van der Waals surface area contributed by atoms with Crippen molar-refractivity contribution < 1.29 is 19.5 Å². The van der Waals surface area contributed by atoms with Crippen LogP contribution in [-0.2, 0) is 14.4 Å². The molecule has 0 spiro atoms. The molecule has 120 valence electrons. The summed E-state index contributed by atoms with van der Waals surface area (Å²) in [5.41, 5.74) is 1.70. The lowest BCUT2D eigenvalue weighted by molar-refractivity contribution is -0.160. The van der Waals surface area contributed by atoms with Gasteiger partial charge in [0.1, 0.15) is 12.5 Å². The SMILES string of the molecule is COC(=O)C1C(O)CON(c2ccccc2)C1c1ccccc1. The van der Waals surface area contributed by atoms with Crippen molar-refractivity contribution in [3.8, 4) is 0 Å². The topological polar surface area (TPSA) is 59.0 Å². The molecule has 2 aromatic rings. The highest BCUT2D eigenvalue weighted by Crippen LogP contribution is 2.39. The molecule has 1 aliphatic heterocycles. The summed E-state index contributed by atoms with van der Waals surface area (Å²) in [7, 11) is 1.33. The Morgan fingerprint density at radius 3 is 2.35 bits per heavy atom. The molecule has 3 rings (SSSR count). The molecule has 3 unspecified atom stereocenters. The van der Waals surface area contributed by atoms with Crippen LogP contribution in [0.1, 0.15) is 11.6 Å². The van der Waals surface area contributed by atoms with Crippen LogP contribution in [0.25, 0.3) is 0 Å². The lowest BCUT2D eigenvalue weighted by Crippen LogP contribution is -2.50. The van der Waals surface area contributed by atoms with Crippen molar-refractivity contribution in [1.29, 1.82) is 0 Å². The van der Waals surface area contributed by atoms with E-state index >= 15 is 0 Å². The van der Waals surface area contributed by atoms with E-state index in [0.29, 0.717) is 0 Å². The number of hydrogen-bond donors (Lipinski definition) is 1. The van der Waals surface area contributed by atoms with Gasteiger partial charge in [0.05, 0.1) is 24.9 Å². The largest absolute Gasteiger partial charge is 0.469 e. The maximum atomic E-state index is 12.3. The normalized spacial score (nSPS) is 24.3. The molecule has 3 atom stereocenters. The maximum absolute atomic E-state index is 12.3. The van der Waals surface area contributed by atoms with Gasteiger partial charge < -0.3 is 9.84 Å². The molecule has 1 heterocycles. The van der Waals surface area contributed by atoms with Crippen LogP contribution in [0.2, 0.25) is 0 Å². The molecular weight excluding hydrogens is 294 g/mol. The molecule has 0 amide bonds. The van der Waals surface area contributed by atoms with E-state index in [1.54, 1.807) is 5.06 Å². The first-order valence-electron chi connectivity index (χ1n) is 7.50. The minimum absolute atomic E-state index is 0.0397. The van der Waals surface area contributed by atoms with Crippen LogP contribution in [-0.4, -0.2) is 30.9 Å². The van der Waals surface area contributed by atoms with Gasteiger partial charge in [0, 0.05) is 0 Å². The zero-order valence-corrected chi connectivity index (χ0v) is 12.8. The van der Waals surface area contributed by atoms with Crippen LogP contribution in [0, 0.1) is 5.92 Å². The van der Waals surface area contributed by atoms with Crippen molar-refractivity contribution >= 4 is 11.7 Å². The number of ether oxygens (including phenoxy) is 1. The van der Waals surface area contributed by atoms with E-state index < -0.39 is 24.0 Å². The number of carbonyl (C=O) groups excluding carboxylic acids is 1. The molecule has 0 radical (unpaired) electrons. The van der Waals surface area contributed by atoms with E-state index in [-0.39, 0.29) is 6.61 Å². The van der Waals surface area contributed by atoms with Gasteiger partial charge in [-0.15, -0.1) is 0 Å². The summed E-state index contributed by atoms with van der Waals surface area (Å²) >= 11 is 0. The van der Waals surface area contributed by atoms with Crippen molar-refractivity contribution in [3.05, 3.63) is 66.2 Å². The number of nitrogens with zero attached hydrogens (tertiary/aromatic N) is 1. The van der Waals surface area contributed by atoms with Gasteiger partial charge in [0.2, 0.25) is 0 Å². The van der Waals surface area contributed by atoms with Crippen molar-refractivity contribution in [3.63, 3.8) is 0 Å². The number of rotatable bonds is 3. The molecular formula is C18H19NO4. The predicted molar refractivity (Wildman–Crippen MR) is 85.6 cm³/mol. The molecule has 5 heteroatoms. The molecule has 1 saturated heterocycles. The van der Waals surface area contributed by atoms with Gasteiger partial charge in [-0.1, -0.05) is 48.5 Å². The van der Waals surface area contributed by atoms with Gasteiger partial charge in [-0.3, -0.25) is 9.63 Å². The summed E-state index contributed by atoms with van der Waals surface area (Å²) in [6.07, 6.45) is -0.924. The number of hydroxylamine groups is 1. The molecule has 23 heavy (non-hydrogen) atoms. The number of aliphatic hydroxyl groups excluding tert-OH is 1. The van der Waals surface area contributed by atoms with Crippen molar-refractivity contribution in [2.45, 2.75) is 12.1 Å². The average Bonchev–Trinajstić information content (AvgIpc) is 2.62. The lowest BCUT2D eigenvalue weighted by Gasteiger charge is -2.42. The second-order valence-electron chi connectivity index (χ2n) is 5.43. The van der Waals surface area contributed by atoms with E-state index in [1.807, 2.05) is 60.7 Å². The van der Waals surface area contributed by atoms with E-state index in [9.17, 15) is 9.90 Å². The molecule has 1 fully saturated rings. The van der Waals surface area contributed by atoms with E-state index in [1.165, 1.54) is 7.11 Å². The van der Waals surface area contributed by atoms with Crippen LogP contribution in [0.5, 0.6) is 0 Å². The van der Waals surface area contributed by atoms with Crippen LogP contribution in [0.3, 0.4) is 0 Å².